The molecule has 2 aliphatic heterocycles. The second kappa shape index (κ2) is 6.40. The quantitative estimate of drug-likeness (QED) is 0.941. The highest BCUT2D eigenvalue weighted by atomic mass is 16.1. The van der Waals surface area contributed by atoms with Crippen LogP contribution in [0, 0.1) is 6.92 Å². The number of rotatable bonds is 3. The number of aryl methyl sites for hydroxylation is 1. The zero-order valence-electron chi connectivity index (χ0n) is 14.2. The van der Waals surface area contributed by atoms with Crippen molar-refractivity contribution in [2.24, 2.45) is 0 Å². The lowest BCUT2D eigenvalue weighted by Gasteiger charge is -2.28. The van der Waals surface area contributed by atoms with Gasteiger partial charge in [-0.25, -0.2) is 4.98 Å². The predicted octanol–water partition coefficient (Wildman–Crippen LogP) is 2.24. The Kier molecular flexibility index (Phi) is 4.10. The van der Waals surface area contributed by atoms with Crippen molar-refractivity contribution in [2.75, 3.05) is 24.5 Å². The van der Waals surface area contributed by atoms with Gasteiger partial charge in [-0.1, -0.05) is 29.8 Å². The Morgan fingerprint density at radius 3 is 2.83 bits per heavy atom. The Hall–Kier alpha value is -2.14. The maximum atomic E-state index is 12.5. The van der Waals surface area contributed by atoms with Crippen LogP contribution in [0.15, 0.2) is 29.1 Å². The molecule has 1 N–H and O–H groups in total. The molecule has 4 rings (SSSR count). The van der Waals surface area contributed by atoms with Gasteiger partial charge in [0.25, 0.3) is 5.56 Å². The lowest BCUT2D eigenvalue weighted by Crippen LogP contribution is -2.36. The molecule has 1 fully saturated rings. The molecule has 0 unspecified atom stereocenters. The average molecular weight is 324 g/mol. The van der Waals surface area contributed by atoms with Crippen molar-refractivity contribution in [2.45, 2.75) is 39.3 Å². The van der Waals surface area contributed by atoms with E-state index in [2.05, 4.69) is 46.0 Å². The largest absolute Gasteiger partial charge is 0.342 e. The van der Waals surface area contributed by atoms with Gasteiger partial charge in [-0.3, -0.25) is 14.7 Å². The first kappa shape index (κ1) is 15.4. The van der Waals surface area contributed by atoms with E-state index >= 15 is 0 Å². The van der Waals surface area contributed by atoms with Crippen molar-refractivity contribution in [1.82, 2.24) is 14.9 Å². The van der Waals surface area contributed by atoms with Gasteiger partial charge in [-0.15, -0.1) is 0 Å². The molecule has 2 aliphatic rings. The van der Waals surface area contributed by atoms with E-state index in [1.807, 2.05) is 0 Å². The molecule has 2 aromatic rings. The molecule has 3 heterocycles. The fraction of sp³-hybridized carbons (Fsp3) is 0.474. The average Bonchev–Trinajstić information content (AvgIpc) is 3.10. The third-order valence-electron chi connectivity index (χ3n) is 5.03. The van der Waals surface area contributed by atoms with Crippen LogP contribution in [-0.4, -0.2) is 34.5 Å². The van der Waals surface area contributed by atoms with Crippen LogP contribution in [0.5, 0.6) is 0 Å². The summed E-state index contributed by atoms with van der Waals surface area (Å²) in [5.41, 5.74) is 4.45. The Bertz CT molecular complexity index is 792. The number of aromatic nitrogens is 2. The van der Waals surface area contributed by atoms with E-state index in [1.165, 1.54) is 24.0 Å². The first-order chi connectivity index (χ1) is 11.7. The molecule has 5 heteroatoms. The van der Waals surface area contributed by atoms with Gasteiger partial charge in [0.2, 0.25) is 5.95 Å². The fourth-order valence-corrected chi connectivity index (χ4v) is 3.75. The number of hydrogen-bond donors (Lipinski definition) is 1. The Labute approximate surface area is 142 Å². The maximum absolute atomic E-state index is 12.5. The van der Waals surface area contributed by atoms with E-state index in [1.54, 1.807) is 0 Å². The number of fused-ring (bicyclic) bond motifs is 1. The Morgan fingerprint density at radius 1 is 1.21 bits per heavy atom. The van der Waals surface area contributed by atoms with Crippen LogP contribution in [0.2, 0.25) is 0 Å². The number of hydrogen-bond acceptors (Lipinski definition) is 4. The first-order valence-electron chi connectivity index (χ1n) is 8.84. The molecule has 126 valence electrons. The van der Waals surface area contributed by atoms with Gasteiger partial charge in [0.1, 0.15) is 0 Å². The molecular weight excluding hydrogens is 300 g/mol. The van der Waals surface area contributed by atoms with Gasteiger partial charge in [0, 0.05) is 39.1 Å². The van der Waals surface area contributed by atoms with Crippen molar-refractivity contribution in [1.29, 1.82) is 0 Å². The van der Waals surface area contributed by atoms with Gasteiger partial charge in [0.15, 0.2) is 0 Å². The third kappa shape index (κ3) is 3.08. The zero-order valence-corrected chi connectivity index (χ0v) is 14.2. The summed E-state index contributed by atoms with van der Waals surface area (Å²) in [6.45, 7) is 6.64. The monoisotopic (exact) mass is 324 g/mol. The molecule has 0 bridgehead atoms. The summed E-state index contributed by atoms with van der Waals surface area (Å²) in [5.74, 6) is 0.767. The topological polar surface area (TPSA) is 52.2 Å². The summed E-state index contributed by atoms with van der Waals surface area (Å²) >= 11 is 0. The molecule has 5 nitrogen and oxygen atoms in total. The summed E-state index contributed by atoms with van der Waals surface area (Å²) in [6.07, 6.45) is 3.22. The van der Waals surface area contributed by atoms with Gasteiger partial charge in [-0.05, 0) is 25.3 Å². The number of nitrogens with one attached hydrogen (secondary N) is 1. The maximum Gasteiger partial charge on any atom is 0.257 e. The number of aromatic amines is 1. The molecule has 0 radical (unpaired) electrons. The minimum Gasteiger partial charge on any atom is -0.342 e. The minimum absolute atomic E-state index is 0.0378. The van der Waals surface area contributed by atoms with Crippen LogP contribution in [0.3, 0.4) is 0 Å². The minimum atomic E-state index is 0.0378. The van der Waals surface area contributed by atoms with Crippen molar-refractivity contribution in [3.05, 3.63) is 57.0 Å². The molecule has 1 aromatic heterocycles. The van der Waals surface area contributed by atoms with E-state index in [4.69, 9.17) is 4.98 Å². The number of benzene rings is 1. The normalized spacial score (nSPS) is 18.0. The molecule has 0 amide bonds. The Balaban J connectivity index is 1.53. The van der Waals surface area contributed by atoms with E-state index in [-0.39, 0.29) is 5.56 Å². The summed E-state index contributed by atoms with van der Waals surface area (Å²) in [7, 11) is 0. The van der Waals surface area contributed by atoms with E-state index in [0.29, 0.717) is 6.54 Å². The van der Waals surface area contributed by atoms with Crippen LogP contribution in [-0.2, 0) is 19.5 Å². The summed E-state index contributed by atoms with van der Waals surface area (Å²) in [6, 6.07) is 8.58. The van der Waals surface area contributed by atoms with Crippen LogP contribution in [0.1, 0.15) is 35.2 Å². The lowest BCUT2D eigenvalue weighted by atomic mass is 10.1. The van der Waals surface area contributed by atoms with E-state index in [9.17, 15) is 4.79 Å². The number of anilines is 1. The van der Waals surface area contributed by atoms with Crippen molar-refractivity contribution >= 4 is 5.95 Å². The summed E-state index contributed by atoms with van der Waals surface area (Å²) in [5, 5.41) is 0. The summed E-state index contributed by atoms with van der Waals surface area (Å²) in [4.78, 5) is 24.8. The van der Waals surface area contributed by atoms with Crippen LogP contribution in [0.4, 0.5) is 5.95 Å². The fourth-order valence-electron chi connectivity index (χ4n) is 3.75. The third-order valence-corrected chi connectivity index (χ3v) is 5.03. The van der Waals surface area contributed by atoms with Crippen molar-refractivity contribution < 1.29 is 0 Å². The van der Waals surface area contributed by atoms with Crippen LogP contribution in [0.25, 0.3) is 0 Å². The first-order valence-corrected chi connectivity index (χ1v) is 8.84. The lowest BCUT2D eigenvalue weighted by molar-refractivity contribution is 0.241. The van der Waals surface area contributed by atoms with Crippen molar-refractivity contribution in [3.63, 3.8) is 0 Å². The smallest absolute Gasteiger partial charge is 0.257 e. The highest BCUT2D eigenvalue weighted by Crippen LogP contribution is 2.20. The number of H-pyrrole nitrogens is 1. The molecule has 0 atom stereocenters. The van der Waals surface area contributed by atoms with Gasteiger partial charge in [-0.2, -0.15) is 0 Å². The van der Waals surface area contributed by atoms with E-state index in [0.717, 1.165) is 49.8 Å². The second-order valence-electron chi connectivity index (χ2n) is 6.96. The molecule has 1 aromatic carbocycles. The molecule has 24 heavy (non-hydrogen) atoms. The highest BCUT2D eigenvalue weighted by Gasteiger charge is 2.23. The van der Waals surface area contributed by atoms with Gasteiger partial charge < -0.3 is 4.90 Å². The zero-order chi connectivity index (χ0) is 16.5. The standard InChI is InChI=1S/C19H24N4O/c1-14-5-4-6-15(11-14)12-22-10-7-17-16(13-22)18(24)21-19(20-17)23-8-2-3-9-23/h4-6,11H,2-3,7-10,12-13H2,1H3,(H,20,21,24). The van der Waals surface area contributed by atoms with Crippen LogP contribution < -0.4 is 10.5 Å². The molecule has 0 aliphatic carbocycles. The number of nitrogens with zero attached hydrogens (tertiary/aromatic N) is 3. The van der Waals surface area contributed by atoms with Crippen LogP contribution >= 0.6 is 0 Å². The van der Waals surface area contributed by atoms with Crippen molar-refractivity contribution in [3.8, 4) is 0 Å². The molecule has 0 saturated carbocycles. The molecular formula is C19H24N4O. The summed E-state index contributed by atoms with van der Waals surface area (Å²) < 4.78 is 0. The van der Waals surface area contributed by atoms with E-state index < -0.39 is 0 Å². The Morgan fingerprint density at radius 2 is 2.04 bits per heavy atom. The van der Waals surface area contributed by atoms with Gasteiger partial charge in [0.05, 0.1) is 11.3 Å². The highest BCUT2D eigenvalue weighted by molar-refractivity contribution is 5.35. The SMILES string of the molecule is Cc1cccc(CN2CCc3nc(N4CCCC4)[nH]c(=O)c3C2)c1. The second-order valence-corrected chi connectivity index (χ2v) is 6.96. The molecule has 1 saturated heterocycles. The molecule has 0 spiro atoms. The van der Waals surface area contributed by atoms with Gasteiger partial charge >= 0.3 is 0 Å². The predicted molar refractivity (Wildman–Crippen MR) is 95.3 cm³/mol.